The van der Waals surface area contributed by atoms with Crippen LogP contribution >= 0.6 is 0 Å². The van der Waals surface area contributed by atoms with E-state index in [4.69, 9.17) is 0 Å². The van der Waals surface area contributed by atoms with Crippen molar-refractivity contribution in [3.8, 4) is 0 Å². The van der Waals surface area contributed by atoms with Gasteiger partial charge in [-0.05, 0) is 49.5 Å². The van der Waals surface area contributed by atoms with Gasteiger partial charge in [-0.25, -0.2) is 0 Å². The first-order valence-electron chi connectivity index (χ1n) is 10.5. The maximum absolute atomic E-state index is 13.0. The zero-order chi connectivity index (χ0) is 19.3. The molecular weight excluding hydrogens is 348 g/mol. The number of nitrogens with zero attached hydrogens (tertiary/aromatic N) is 1. The molecule has 1 fully saturated rings. The summed E-state index contributed by atoms with van der Waals surface area (Å²) in [6.07, 6.45) is 6.19. The summed E-state index contributed by atoms with van der Waals surface area (Å²) in [5.41, 5.74) is 3.54. The van der Waals surface area contributed by atoms with Crippen LogP contribution in [0.25, 0.3) is 0 Å². The van der Waals surface area contributed by atoms with Crippen molar-refractivity contribution < 1.29 is 9.59 Å². The number of fused-ring (bicyclic) bond motifs is 1. The lowest BCUT2D eigenvalue weighted by Gasteiger charge is -2.31. The number of hydrogen-bond acceptors (Lipinski definition) is 3. The number of hydrogen-bond donors (Lipinski definition) is 1. The molecule has 28 heavy (non-hydrogen) atoms. The molecule has 0 bridgehead atoms. The second-order valence-electron chi connectivity index (χ2n) is 7.84. The summed E-state index contributed by atoms with van der Waals surface area (Å²) in [5.74, 6) is 0.0821. The Morgan fingerprint density at radius 3 is 2.43 bits per heavy atom. The Labute approximate surface area is 166 Å². The highest BCUT2D eigenvalue weighted by atomic mass is 16.1. The van der Waals surface area contributed by atoms with E-state index in [0.717, 1.165) is 24.2 Å². The highest BCUT2D eigenvalue weighted by molar-refractivity contribution is 6.05. The predicted molar refractivity (Wildman–Crippen MR) is 111 cm³/mol. The van der Waals surface area contributed by atoms with Crippen LogP contribution in [-0.4, -0.2) is 36.2 Å². The van der Waals surface area contributed by atoms with E-state index in [0.29, 0.717) is 24.9 Å². The molecule has 1 aliphatic carbocycles. The minimum atomic E-state index is -0.0673. The van der Waals surface area contributed by atoms with Crippen LogP contribution in [-0.2, 0) is 6.42 Å². The van der Waals surface area contributed by atoms with Gasteiger partial charge in [-0.15, -0.1) is 0 Å². The van der Waals surface area contributed by atoms with Crippen LogP contribution in [0.1, 0.15) is 70.0 Å². The Morgan fingerprint density at radius 1 is 0.929 bits per heavy atom. The average Bonchev–Trinajstić information content (AvgIpc) is 2.93. The molecule has 0 spiro atoms. The van der Waals surface area contributed by atoms with Crippen molar-refractivity contribution in [2.45, 2.75) is 44.6 Å². The van der Waals surface area contributed by atoms with Crippen LogP contribution in [0.3, 0.4) is 0 Å². The third-order valence-corrected chi connectivity index (χ3v) is 6.04. The van der Waals surface area contributed by atoms with E-state index in [1.54, 1.807) is 0 Å². The third-order valence-electron chi connectivity index (χ3n) is 6.04. The molecule has 1 unspecified atom stereocenters. The molecule has 1 N–H and O–H groups in total. The number of nitrogens with one attached hydrogen (secondary N) is 1. The van der Waals surface area contributed by atoms with E-state index >= 15 is 0 Å². The number of carbonyl (C=O) groups excluding carboxylic acids is 2. The molecule has 4 rings (SSSR count). The monoisotopic (exact) mass is 376 g/mol. The standard InChI is InChI=1S/C24H28N2O2/c27-23-14-13-19-20(23)11-8-12-21(19)24(28)25-17-22(18-9-4-3-5-10-18)26-15-6-1-2-7-16-26/h3-5,8-12,22H,1-2,6-7,13-17H2,(H,25,28). The fraction of sp³-hybridized carbons (Fsp3) is 0.417. The molecule has 2 aromatic carbocycles. The van der Waals surface area contributed by atoms with E-state index in [1.807, 2.05) is 24.3 Å². The minimum Gasteiger partial charge on any atom is -0.350 e. The van der Waals surface area contributed by atoms with Crippen LogP contribution < -0.4 is 5.32 Å². The van der Waals surface area contributed by atoms with Crippen molar-refractivity contribution in [3.05, 3.63) is 70.8 Å². The van der Waals surface area contributed by atoms with Gasteiger partial charge < -0.3 is 5.32 Å². The van der Waals surface area contributed by atoms with Gasteiger partial charge in [0, 0.05) is 24.1 Å². The van der Waals surface area contributed by atoms with Gasteiger partial charge in [0.05, 0.1) is 6.04 Å². The highest BCUT2D eigenvalue weighted by Gasteiger charge is 2.26. The third kappa shape index (κ3) is 4.02. The maximum Gasteiger partial charge on any atom is 0.251 e. The number of rotatable bonds is 5. The molecular formula is C24H28N2O2. The van der Waals surface area contributed by atoms with Gasteiger partial charge in [-0.3, -0.25) is 14.5 Å². The summed E-state index contributed by atoms with van der Waals surface area (Å²) in [6.45, 7) is 2.73. The summed E-state index contributed by atoms with van der Waals surface area (Å²) in [6, 6.07) is 16.2. The molecule has 1 heterocycles. The molecule has 4 heteroatoms. The van der Waals surface area contributed by atoms with E-state index in [9.17, 15) is 9.59 Å². The molecule has 0 saturated carbocycles. The number of amides is 1. The molecule has 146 valence electrons. The van der Waals surface area contributed by atoms with Crippen LogP contribution in [0.2, 0.25) is 0 Å². The number of ketones is 1. The molecule has 0 radical (unpaired) electrons. The van der Waals surface area contributed by atoms with E-state index in [2.05, 4.69) is 34.5 Å². The van der Waals surface area contributed by atoms with Gasteiger partial charge in [0.2, 0.25) is 0 Å². The van der Waals surface area contributed by atoms with E-state index in [1.165, 1.54) is 31.2 Å². The largest absolute Gasteiger partial charge is 0.350 e. The first-order valence-corrected chi connectivity index (χ1v) is 10.5. The number of carbonyl (C=O) groups is 2. The average molecular weight is 377 g/mol. The predicted octanol–water partition coefficient (Wildman–Crippen LogP) is 4.16. The topological polar surface area (TPSA) is 49.4 Å². The van der Waals surface area contributed by atoms with Gasteiger partial charge in [-0.1, -0.05) is 55.3 Å². The van der Waals surface area contributed by atoms with Gasteiger partial charge >= 0.3 is 0 Å². The lowest BCUT2D eigenvalue weighted by Crippen LogP contribution is -2.39. The summed E-state index contributed by atoms with van der Waals surface area (Å²) in [5, 5.41) is 3.17. The smallest absolute Gasteiger partial charge is 0.251 e. The van der Waals surface area contributed by atoms with Gasteiger partial charge in [0.15, 0.2) is 5.78 Å². The summed E-state index contributed by atoms with van der Waals surface area (Å²) in [7, 11) is 0. The molecule has 0 aromatic heterocycles. The second-order valence-corrected chi connectivity index (χ2v) is 7.84. The SMILES string of the molecule is O=C1CCc2c1cccc2C(=O)NCC(c1ccccc1)N1CCCCCC1. The first-order chi connectivity index (χ1) is 13.7. The highest BCUT2D eigenvalue weighted by Crippen LogP contribution is 2.26. The summed E-state index contributed by atoms with van der Waals surface area (Å²) in [4.78, 5) is 27.5. The molecule has 2 aliphatic rings. The Bertz CT molecular complexity index is 839. The van der Waals surface area contributed by atoms with Crippen LogP contribution in [0.5, 0.6) is 0 Å². The van der Waals surface area contributed by atoms with Gasteiger partial charge in [0.25, 0.3) is 5.91 Å². The van der Waals surface area contributed by atoms with Crippen molar-refractivity contribution in [2.75, 3.05) is 19.6 Å². The zero-order valence-electron chi connectivity index (χ0n) is 16.3. The van der Waals surface area contributed by atoms with Crippen molar-refractivity contribution >= 4 is 11.7 Å². The molecule has 4 nitrogen and oxygen atoms in total. The normalized spacial score (nSPS) is 18.4. The fourth-order valence-corrected chi connectivity index (χ4v) is 4.53. The minimum absolute atomic E-state index is 0.0673. The fourth-order valence-electron chi connectivity index (χ4n) is 4.53. The van der Waals surface area contributed by atoms with Gasteiger partial charge in [0.1, 0.15) is 0 Å². The van der Waals surface area contributed by atoms with Crippen molar-refractivity contribution in [1.29, 1.82) is 0 Å². The molecule has 1 amide bonds. The maximum atomic E-state index is 13.0. The molecule has 1 saturated heterocycles. The van der Waals surface area contributed by atoms with E-state index in [-0.39, 0.29) is 17.7 Å². The second kappa shape index (κ2) is 8.70. The first kappa shape index (κ1) is 18.9. The van der Waals surface area contributed by atoms with Crippen molar-refractivity contribution in [1.82, 2.24) is 10.2 Å². The number of likely N-dealkylation sites (tertiary alicyclic amines) is 1. The Kier molecular flexibility index (Phi) is 5.87. The Balaban J connectivity index is 1.51. The van der Waals surface area contributed by atoms with Gasteiger partial charge in [-0.2, -0.15) is 0 Å². The molecule has 2 aromatic rings. The Morgan fingerprint density at radius 2 is 1.68 bits per heavy atom. The van der Waals surface area contributed by atoms with Crippen molar-refractivity contribution in [3.63, 3.8) is 0 Å². The summed E-state index contributed by atoms with van der Waals surface area (Å²) < 4.78 is 0. The zero-order valence-corrected chi connectivity index (χ0v) is 16.3. The summed E-state index contributed by atoms with van der Waals surface area (Å²) >= 11 is 0. The number of benzene rings is 2. The molecule has 1 atom stereocenters. The van der Waals surface area contributed by atoms with Crippen LogP contribution in [0.4, 0.5) is 0 Å². The lowest BCUT2D eigenvalue weighted by atomic mass is 10.0. The van der Waals surface area contributed by atoms with Crippen molar-refractivity contribution in [2.24, 2.45) is 0 Å². The number of Topliss-reactive ketones (excluding diaryl/α,β-unsaturated/α-hetero) is 1. The lowest BCUT2D eigenvalue weighted by molar-refractivity contribution is 0.0931. The van der Waals surface area contributed by atoms with Crippen LogP contribution in [0.15, 0.2) is 48.5 Å². The van der Waals surface area contributed by atoms with Crippen LogP contribution in [0, 0.1) is 0 Å². The quantitative estimate of drug-likeness (QED) is 0.852. The molecule has 1 aliphatic heterocycles. The Hall–Kier alpha value is -2.46. The van der Waals surface area contributed by atoms with E-state index < -0.39 is 0 Å².